The van der Waals surface area contributed by atoms with Gasteiger partial charge in [0, 0.05) is 13.0 Å². The van der Waals surface area contributed by atoms with Gasteiger partial charge in [0.05, 0.1) is 26.2 Å². The summed E-state index contributed by atoms with van der Waals surface area (Å²) in [6.07, 6.45) is 0.786. The van der Waals surface area contributed by atoms with Crippen molar-refractivity contribution in [2.75, 3.05) is 26.4 Å². The van der Waals surface area contributed by atoms with E-state index in [1.807, 2.05) is 27.7 Å². The van der Waals surface area contributed by atoms with Gasteiger partial charge in [0.1, 0.15) is 0 Å². The number of amides is 1. The maximum absolute atomic E-state index is 11.3. The van der Waals surface area contributed by atoms with Gasteiger partial charge in [-0.1, -0.05) is 27.7 Å². The number of carbonyl (C=O) groups excluding carboxylic acids is 2. The number of ether oxygens (including phenoxy) is 2. The van der Waals surface area contributed by atoms with Gasteiger partial charge in [0.15, 0.2) is 0 Å². The second kappa shape index (κ2) is 10.8. The van der Waals surface area contributed by atoms with E-state index in [0.29, 0.717) is 44.6 Å². The van der Waals surface area contributed by atoms with Crippen molar-refractivity contribution >= 4 is 11.9 Å². The summed E-state index contributed by atoms with van der Waals surface area (Å²) >= 11 is 0. The van der Waals surface area contributed by atoms with E-state index in [0.717, 1.165) is 0 Å². The van der Waals surface area contributed by atoms with Crippen LogP contribution in [0.1, 0.15) is 40.5 Å². The predicted molar refractivity (Wildman–Crippen MR) is 73.7 cm³/mol. The van der Waals surface area contributed by atoms with Crippen LogP contribution in [0.25, 0.3) is 0 Å². The molecule has 0 aromatic heterocycles. The fraction of sp³-hybridized carbons (Fsp3) is 0.857. The molecule has 0 unspecified atom stereocenters. The van der Waals surface area contributed by atoms with Gasteiger partial charge >= 0.3 is 5.97 Å². The van der Waals surface area contributed by atoms with E-state index in [1.165, 1.54) is 0 Å². The number of rotatable bonds is 10. The van der Waals surface area contributed by atoms with E-state index in [4.69, 9.17) is 9.47 Å². The van der Waals surface area contributed by atoms with Gasteiger partial charge in [-0.25, -0.2) is 0 Å². The Morgan fingerprint density at radius 2 is 1.74 bits per heavy atom. The maximum atomic E-state index is 11.3. The summed E-state index contributed by atoms with van der Waals surface area (Å²) in [5.41, 5.74) is 0. The van der Waals surface area contributed by atoms with Crippen molar-refractivity contribution in [3.05, 3.63) is 0 Å². The molecule has 0 fully saturated rings. The third-order valence-corrected chi connectivity index (χ3v) is 2.19. The van der Waals surface area contributed by atoms with Crippen molar-refractivity contribution in [3.8, 4) is 0 Å². The van der Waals surface area contributed by atoms with Gasteiger partial charge in [-0.2, -0.15) is 0 Å². The van der Waals surface area contributed by atoms with Crippen LogP contribution in [0, 0.1) is 11.8 Å². The lowest BCUT2D eigenvalue weighted by atomic mass is 10.1. The largest absolute Gasteiger partial charge is 0.465 e. The molecular formula is C14H27NO4. The first-order valence-corrected chi connectivity index (χ1v) is 6.91. The zero-order chi connectivity index (χ0) is 14.7. The topological polar surface area (TPSA) is 64.6 Å². The van der Waals surface area contributed by atoms with Gasteiger partial charge in [0.2, 0.25) is 5.91 Å². The minimum atomic E-state index is -0.238. The smallest absolute Gasteiger partial charge is 0.308 e. The molecule has 0 aromatic rings. The molecule has 5 nitrogen and oxygen atoms in total. The Balaban J connectivity index is 3.35. The van der Waals surface area contributed by atoms with E-state index in [1.54, 1.807) is 0 Å². The Bertz CT molecular complexity index is 264. The molecule has 19 heavy (non-hydrogen) atoms. The Hall–Kier alpha value is -1.10. The summed E-state index contributed by atoms with van der Waals surface area (Å²) in [6.45, 7) is 9.65. The molecule has 0 spiro atoms. The predicted octanol–water partition coefficient (Wildman–Crippen LogP) is 1.75. The minimum Gasteiger partial charge on any atom is -0.465 e. The van der Waals surface area contributed by atoms with Crippen molar-refractivity contribution in [2.45, 2.75) is 40.5 Å². The van der Waals surface area contributed by atoms with E-state index in [2.05, 4.69) is 5.32 Å². The zero-order valence-electron chi connectivity index (χ0n) is 12.5. The molecule has 1 N–H and O–H groups in total. The molecule has 112 valence electrons. The molecule has 0 heterocycles. The second-order valence-corrected chi connectivity index (χ2v) is 5.39. The summed E-state index contributed by atoms with van der Waals surface area (Å²) in [5, 5.41) is 2.76. The van der Waals surface area contributed by atoms with Gasteiger partial charge < -0.3 is 14.8 Å². The minimum absolute atomic E-state index is 0.0370. The number of hydrogen-bond donors (Lipinski definition) is 1. The lowest BCUT2D eigenvalue weighted by Gasteiger charge is -2.09. The number of hydrogen-bond acceptors (Lipinski definition) is 4. The molecule has 0 saturated carbocycles. The Labute approximate surface area is 116 Å². The van der Waals surface area contributed by atoms with Gasteiger partial charge in [-0.3, -0.25) is 9.59 Å². The summed E-state index contributed by atoms with van der Waals surface area (Å²) in [4.78, 5) is 22.5. The first kappa shape index (κ1) is 17.9. The highest BCUT2D eigenvalue weighted by atomic mass is 16.5. The summed E-state index contributed by atoms with van der Waals surface area (Å²) < 4.78 is 10.3. The number of esters is 1. The first-order chi connectivity index (χ1) is 8.91. The molecule has 0 aliphatic heterocycles. The van der Waals surface area contributed by atoms with Crippen molar-refractivity contribution in [2.24, 2.45) is 11.8 Å². The van der Waals surface area contributed by atoms with Gasteiger partial charge in [-0.05, 0) is 11.8 Å². The molecule has 1 amide bonds. The number of carbonyl (C=O) groups is 2. The highest BCUT2D eigenvalue weighted by molar-refractivity contribution is 5.76. The van der Waals surface area contributed by atoms with E-state index in [-0.39, 0.29) is 18.3 Å². The fourth-order valence-electron chi connectivity index (χ4n) is 1.29. The van der Waals surface area contributed by atoms with E-state index >= 15 is 0 Å². The zero-order valence-corrected chi connectivity index (χ0v) is 12.5. The summed E-state index contributed by atoms with van der Waals surface area (Å²) in [5.74, 6) is 0.505. The van der Waals surface area contributed by atoms with Crippen molar-refractivity contribution in [3.63, 3.8) is 0 Å². The Kier molecular flexibility index (Phi) is 10.2. The summed E-state index contributed by atoms with van der Waals surface area (Å²) in [6, 6.07) is 0. The fourth-order valence-corrected chi connectivity index (χ4v) is 1.29. The van der Waals surface area contributed by atoms with Crippen LogP contribution in [-0.4, -0.2) is 38.2 Å². The molecule has 0 rings (SSSR count). The van der Waals surface area contributed by atoms with Gasteiger partial charge in [0.25, 0.3) is 0 Å². The first-order valence-electron chi connectivity index (χ1n) is 6.91. The van der Waals surface area contributed by atoms with E-state index in [9.17, 15) is 9.59 Å². The van der Waals surface area contributed by atoms with Crippen LogP contribution >= 0.6 is 0 Å². The Morgan fingerprint density at radius 3 is 2.32 bits per heavy atom. The number of nitrogens with one attached hydrogen (secondary N) is 1. The molecule has 0 bridgehead atoms. The molecule has 0 atom stereocenters. The van der Waals surface area contributed by atoms with Crippen LogP contribution in [0.3, 0.4) is 0 Å². The molecule has 0 saturated heterocycles. The normalized spacial score (nSPS) is 10.8. The quantitative estimate of drug-likeness (QED) is 0.486. The summed E-state index contributed by atoms with van der Waals surface area (Å²) in [7, 11) is 0. The second-order valence-electron chi connectivity index (χ2n) is 5.39. The average molecular weight is 273 g/mol. The van der Waals surface area contributed by atoms with Crippen LogP contribution in [0.15, 0.2) is 0 Å². The molecule has 5 heteroatoms. The van der Waals surface area contributed by atoms with Crippen LogP contribution in [-0.2, 0) is 19.1 Å². The third-order valence-electron chi connectivity index (χ3n) is 2.19. The van der Waals surface area contributed by atoms with Crippen LogP contribution in [0.4, 0.5) is 0 Å². The SMILES string of the molecule is CC(C)COC(=O)CCOCCNC(=O)CC(C)C. The van der Waals surface area contributed by atoms with Crippen molar-refractivity contribution in [1.82, 2.24) is 5.32 Å². The molecule has 0 radical (unpaired) electrons. The highest BCUT2D eigenvalue weighted by Gasteiger charge is 2.05. The van der Waals surface area contributed by atoms with Crippen LogP contribution in [0.2, 0.25) is 0 Å². The van der Waals surface area contributed by atoms with Crippen LogP contribution < -0.4 is 5.32 Å². The van der Waals surface area contributed by atoms with Crippen molar-refractivity contribution < 1.29 is 19.1 Å². The van der Waals surface area contributed by atoms with E-state index < -0.39 is 0 Å². The molecule has 0 aliphatic carbocycles. The monoisotopic (exact) mass is 273 g/mol. The lowest BCUT2D eigenvalue weighted by Crippen LogP contribution is -2.28. The standard InChI is InChI=1S/C14H27NO4/c1-11(2)9-13(16)15-6-8-18-7-5-14(17)19-10-12(3)4/h11-12H,5-10H2,1-4H3,(H,15,16). The molecule has 0 aromatic carbocycles. The van der Waals surface area contributed by atoms with Crippen molar-refractivity contribution in [1.29, 1.82) is 0 Å². The maximum Gasteiger partial charge on any atom is 0.308 e. The highest BCUT2D eigenvalue weighted by Crippen LogP contribution is 1.98. The molecular weight excluding hydrogens is 246 g/mol. The Morgan fingerprint density at radius 1 is 1.05 bits per heavy atom. The van der Waals surface area contributed by atoms with Crippen LogP contribution in [0.5, 0.6) is 0 Å². The molecule has 0 aliphatic rings. The third kappa shape index (κ3) is 13.1. The lowest BCUT2D eigenvalue weighted by molar-refractivity contribution is -0.146. The van der Waals surface area contributed by atoms with Gasteiger partial charge in [-0.15, -0.1) is 0 Å². The average Bonchev–Trinajstić information content (AvgIpc) is 2.30.